The first-order chi connectivity index (χ1) is 12.7. The van der Waals surface area contributed by atoms with E-state index in [4.69, 9.17) is 39.6 Å². The molecule has 2 rings (SSSR count). The first kappa shape index (κ1) is 26.9. The van der Waals surface area contributed by atoms with E-state index in [1.54, 1.807) is 12.4 Å². The van der Waals surface area contributed by atoms with Gasteiger partial charge in [0.2, 0.25) is 0 Å². The van der Waals surface area contributed by atoms with Gasteiger partial charge in [-0.3, -0.25) is 9.97 Å². The number of carbonyl (C=O) groups is 4. The molecular weight excluding hydrogens is 426 g/mol. The van der Waals surface area contributed by atoms with Gasteiger partial charge in [-0.2, -0.15) is 0 Å². The van der Waals surface area contributed by atoms with E-state index >= 15 is 0 Å². The number of aromatic nitrogens is 2. The summed E-state index contributed by atoms with van der Waals surface area (Å²) in [6, 6.07) is 11.8. The fourth-order valence-electron chi connectivity index (χ4n) is 1.32. The molecule has 0 aliphatic heterocycles. The number of rotatable bonds is 4. The molecular formula is C16H17CuN3O8. The van der Waals surface area contributed by atoms with Crippen molar-refractivity contribution in [3.63, 3.8) is 0 Å². The Kier molecular flexibility index (Phi) is 15.2. The van der Waals surface area contributed by atoms with Crippen molar-refractivity contribution in [3.05, 3.63) is 60.2 Å². The molecule has 2 aromatic rings. The summed E-state index contributed by atoms with van der Waals surface area (Å²) in [4.78, 5) is 44.9. The summed E-state index contributed by atoms with van der Waals surface area (Å²) < 4.78 is 0. The van der Waals surface area contributed by atoms with E-state index in [9.17, 15) is 0 Å². The van der Waals surface area contributed by atoms with Crippen molar-refractivity contribution in [3.8, 4) is 0 Å². The molecule has 155 valence electrons. The van der Waals surface area contributed by atoms with Gasteiger partial charge in [0, 0.05) is 42.6 Å². The van der Waals surface area contributed by atoms with Crippen LogP contribution >= 0.6 is 0 Å². The number of hydrogen-bond donors (Lipinski definition) is 5. The Morgan fingerprint density at radius 3 is 1.21 bits per heavy atom. The third-order valence-electron chi connectivity index (χ3n) is 2.43. The van der Waals surface area contributed by atoms with E-state index in [-0.39, 0.29) is 17.1 Å². The van der Waals surface area contributed by atoms with Gasteiger partial charge in [-0.1, -0.05) is 12.1 Å². The number of nitrogens with one attached hydrogen (secondary N) is 1. The summed E-state index contributed by atoms with van der Waals surface area (Å²) >= 11 is 0. The van der Waals surface area contributed by atoms with Crippen LogP contribution in [0.3, 0.4) is 0 Å². The Labute approximate surface area is 169 Å². The molecule has 2 heterocycles. The molecule has 0 fully saturated rings. The van der Waals surface area contributed by atoms with Crippen LogP contribution < -0.4 is 5.32 Å². The van der Waals surface area contributed by atoms with Gasteiger partial charge < -0.3 is 25.7 Å². The van der Waals surface area contributed by atoms with Crippen molar-refractivity contribution in [1.29, 1.82) is 0 Å². The van der Waals surface area contributed by atoms with Gasteiger partial charge in [-0.05, 0) is 24.3 Å². The monoisotopic (exact) mass is 442 g/mol. The van der Waals surface area contributed by atoms with Crippen LogP contribution in [0.25, 0.3) is 0 Å². The van der Waals surface area contributed by atoms with Crippen molar-refractivity contribution in [2.24, 2.45) is 0 Å². The molecule has 1 radical (unpaired) electrons. The molecule has 11 nitrogen and oxygen atoms in total. The largest absolute Gasteiger partial charge is 0.473 e. The van der Waals surface area contributed by atoms with Crippen LogP contribution in [0, 0.1) is 0 Å². The average molecular weight is 443 g/mol. The number of carboxylic acid groups (broad SMARTS) is 4. The van der Waals surface area contributed by atoms with Crippen molar-refractivity contribution in [2.75, 3.05) is 0 Å². The topological polar surface area (TPSA) is 187 Å². The maximum Gasteiger partial charge on any atom is 0.414 e. The maximum atomic E-state index is 9.10. The van der Waals surface area contributed by atoms with Crippen molar-refractivity contribution in [2.45, 2.75) is 13.1 Å². The van der Waals surface area contributed by atoms with Crippen molar-refractivity contribution in [1.82, 2.24) is 15.3 Å². The average Bonchev–Trinajstić information content (AvgIpc) is 2.64. The summed E-state index contributed by atoms with van der Waals surface area (Å²) in [5, 5.41) is 32.9. The summed E-state index contributed by atoms with van der Waals surface area (Å²) in [5.74, 6) is -7.30. The normalized spacial score (nSPS) is 8.57. The van der Waals surface area contributed by atoms with Gasteiger partial charge in [0.1, 0.15) is 0 Å². The minimum atomic E-state index is -1.82. The van der Waals surface area contributed by atoms with Crippen LogP contribution in [-0.2, 0) is 49.3 Å². The molecule has 0 amide bonds. The molecule has 0 aromatic carbocycles. The molecule has 12 heteroatoms. The molecule has 28 heavy (non-hydrogen) atoms. The molecule has 0 bridgehead atoms. The van der Waals surface area contributed by atoms with Crippen LogP contribution in [0.4, 0.5) is 0 Å². The van der Waals surface area contributed by atoms with Crippen LogP contribution in [0.2, 0.25) is 0 Å². The fourth-order valence-corrected chi connectivity index (χ4v) is 1.32. The van der Waals surface area contributed by atoms with E-state index in [1.165, 1.54) is 0 Å². The molecule has 0 aliphatic rings. The third-order valence-corrected chi connectivity index (χ3v) is 2.43. The second-order valence-corrected chi connectivity index (χ2v) is 4.47. The molecule has 0 saturated heterocycles. The molecule has 0 spiro atoms. The van der Waals surface area contributed by atoms with E-state index < -0.39 is 23.9 Å². The Morgan fingerprint density at radius 1 is 0.679 bits per heavy atom. The minimum absolute atomic E-state index is 0. The zero-order chi connectivity index (χ0) is 20.7. The molecule has 0 aliphatic carbocycles. The number of hydrogen-bond acceptors (Lipinski definition) is 7. The maximum absolute atomic E-state index is 9.10. The first-order valence-electron chi connectivity index (χ1n) is 7.17. The SMILES string of the molecule is O=C(O)C(=O)O.O=C(O)C(=O)O.[Cu].c1ccc(CNCc2ccccn2)nc1. The second kappa shape index (κ2) is 15.9. The van der Waals surface area contributed by atoms with E-state index in [2.05, 4.69) is 15.3 Å². The molecule has 2 aromatic heterocycles. The van der Waals surface area contributed by atoms with Crippen LogP contribution in [0.15, 0.2) is 48.8 Å². The smallest absolute Gasteiger partial charge is 0.414 e. The van der Waals surface area contributed by atoms with E-state index in [1.807, 2.05) is 36.4 Å². The Bertz CT molecular complexity index is 657. The number of carboxylic acids is 4. The first-order valence-corrected chi connectivity index (χ1v) is 7.17. The Balaban J connectivity index is 0. The number of aliphatic carboxylic acids is 4. The van der Waals surface area contributed by atoms with Gasteiger partial charge >= 0.3 is 23.9 Å². The van der Waals surface area contributed by atoms with E-state index in [0.717, 1.165) is 24.5 Å². The standard InChI is InChI=1S/C12H13N3.2C2H2O4.Cu/c1-3-7-14-11(5-1)9-13-10-12-6-2-4-8-15-12;2*3-1(4)2(5)6;/h1-8,13H,9-10H2;2*(H,3,4)(H,5,6);. The molecule has 0 unspecified atom stereocenters. The zero-order valence-corrected chi connectivity index (χ0v) is 15.1. The second-order valence-electron chi connectivity index (χ2n) is 4.47. The summed E-state index contributed by atoms with van der Waals surface area (Å²) in [7, 11) is 0. The van der Waals surface area contributed by atoms with Crippen LogP contribution in [0.5, 0.6) is 0 Å². The molecule has 0 saturated carbocycles. The fraction of sp³-hybridized carbons (Fsp3) is 0.125. The summed E-state index contributed by atoms with van der Waals surface area (Å²) in [6.07, 6.45) is 3.61. The minimum Gasteiger partial charge on any atom is -0.473 e. The predicted octanol–water partition coefficient (Wildman–Crippen LogP) is 0.0751. The van der Waals surface area contributed by atoms with Gasteiger partial charge in [-0.15, -0.1) is 0 Å². The van der Waals surface area contributed by atoms with Gasteiger partial charge in [0.05, 0.1) is 11.4 Å². The summed E-state index contributed by atoms with van der Waals surface area (Å²) in [5.41, 5.74) is 2.10. The van der Waals surface area contributed by atoms with Crippen molar-refractivity contribution < 1.29 is 56.7 Å². The van der Waals surface area contributed by atoms with Crippen molar-refractivity contribution >= 4 is 23.9 Å². The van der Waals surface area contributed by atoms with Crippen LogP contribution in [0.1, 0.15) is 11.4 Å². The van der Waals surface area contributed by atoms with Gasteiger partial charge in [-0.25, -0.2) is 19.2 Å². The predicted molar refractivity (Wildman–Crippen MR) is 89.6 cm³/mol. The third kappa shape index (κ3) is 15.0. The Hall–Kier alpha value is -3.34. The van der Waals surface area contributed by atoms with Gasteiger partial charge in [0.15, 0.2) is 0 Å². The summed E-state index contributed by atoms with van der Waals surface area (Å²) in [6.45, 7) is 1.55. The van der Waals surface area contributed by atoms with Crippen LogP contribution in [-0.4, -0.2) is 54.3 Å². The molecule has 0 atom stereocenters. The zero-order valence-electron chi connectivity index (χ0n) is 14.2. The van der Waals surface area contributed by atoms with E-state index in [0.29, 0.717) is 0 Å². The number of nitrogens with zero attached hydrogens (tertiary/aromatic N) is 2. The number of pyridine rings is 2. The Morgan fingerprint density at radius 2 is 1.00 bits per heavy atom. The van der Waals surface area contributed by atoms with Gasteiger partial charge in [0.25, 0.3) is 0 Å². The quantitative estimate of drug-likeness (QED) is 0.318. The molecule has 5 N–H and O–H groups in total.